The van der Waals surface area contributed by atoms with Gasteiger partial charge in [0.15, 0.2) is 0 Å². The van der Waals surface area contributed by atoms with Gasteiger partial charge in [-0.25, -0.2) is 0 Å². The van der Waals surface area contributed by atoms with E-state index in [9.17, 15) is 4.79 Å². The van der Waals surface area contributed by atoms with Crippen molar-refractivity contribution in [1.29, 1.82) is 0 Å². The molecule has 1 amide bonds. The highest BCUT2D eigenvalue weighted by atomic mass is 16.1. The maximum atomic E-state index is 11.0. The molecule has 3 N–H and O–H groups in total. The fourth-order valence-electron chi connectivity index (χ4n) is 0.931. The Hall–Kier alpha value is -0.570. The molecule has 1 rings (SSSR count). The third kappa shape index (κ3) is 3.98. The predicted molar refractivity (Wildman–Crippen MR) is 44.0 cm³/mol. The Labute approximate surface area is 67.3 Å². The van der Waals surface area contributed by atoms with Crippen molar-refractivity contribution in [3.63, 3.8) is 0 Å². The Morgan fingerprint density at radius 2 is 2.36 bits per heavy atom. The number of hydrogen-bond acceptors (Lipinski definition) is 2. The second kappa shape index (κ2) is 3.72. The van der Waals surface area contributed by atoms with Gasteiger partial charge in [-0.3, -0.25) is 4.79 Å². The summed E-state index contributed by atoms with van der Waals surface area (Å²) in [4.78, 5) is 11.0. The summed E-state index contributed by atoms with van der Waals surface area (Å²) in [6.07, 6.45) is 3.16. The van der Waals surface area contributed by atoms with Crippen LogP contribution < -0.4 is 11.1 Å². The van der Waals surface area contributed by atoms with Crippen molar-refractivity contribution in [2.45, 2.75) is 32.2 Å². The summed E-state index contributed by atoms with van der Waals surface area (Å²) in [5.74, 6) is 0.827. The first-order valence-electron chi connectivity index (χ1n) is 4.20. The average molecular weight is 156 g/mol. The fourth-order valence-corrected chi connectivity index (χ4v) is 0.931. The summed E-state index contributed by atoms with van der Waals surface area (Å²) in [5.41, 5.74) is 5.47. The summed E-state index contributed by atoms with van der Waals surface area (Å²) in [7, 11) is 0. The van der Waals surface area contributed by atoms with Gasteiger partial charge in [-0.05, 0) is 25.7 Å². The van der Waals surface area contributed by atoms with Crippen LogP contribution in [0.25, 0.3) is 0 Å². The molecule has 3 nitrogen and oxygen atoms in total. The summed E-state index contributed by atoms with van der Waals surface area (Å²) in [5, 5.41) is 2.79. The van der Waals surface area contributed by atoms with Gasteiger partial charge < -0.3 is 11.1 Å². The Morgan fingerprint density at radius 1 is 1.73 bits per heavy atom. The third-order valence-corrected chi connectivity index (χ3v) is 1.79. The third-order valence-electron chi connectivity index (χ3n) is 1.79. The number of amides is 1. The summed E-state index contributed by atoms with van der Waals surface area (Å²) in [6, 6.07) is 0.0677. The Balaban J connectivity index is 2.00. The topological polar surface area (TPSA) is 55.1 Å². The van der Waals surface area contributed by atoms with Crippen molar-refractivity contribution in [2.24, 2.45) is 11.7 Å². The molecule has 64 valence electrons. The van der Waals surface area contributed by atoms with Crippen molar-refractivity contribution in [3.05, 3.63) is 0 Å². The zero-order chi connectivity index (χ0) is 8.27. The molecule has 0 bridgehead atoms. The second-order valence-corrected chi connectivity index (χ2v) is 3.43. The number of rotatable bonds is 4. The van der Waals surface area contributed by atoms with Crippen molar-refractivity contribution in [2.75, 3.05) is 6.54 Å². The SMILES string of the molecule is CC(N)CNC(=O)CC1CC1. The van der Waals surface area contributed by atoms with E-state index < -0.39 is 0 Å². The predicted octanol–water partition coefficient (Wildman–Crippen LogP) is 0.250. The second-order valence-electron chi connectivity index (χ2n) is 3.43. The summed E-state index contributed by atoms with van der Waals surface area (Å²) in [6.45, 7) is 2.49. The minimum atomic E-state index is 0.0677. The lowest BCUT2D eigenvalue weighted by Gasteiger charge is -2.06. The van der Waals surface area contributed by atoms with E-state index in [0.717, 1.165) is 0 Å². The molecule has 0 aromatic heterocycles. The smallest absolute Gasteiger partial charge is 0.220 e. The molecule has 1 atom stereocenters. The lowest BCUT2D eigenvalue weighted by molar-refractivity contribution is -0.121. The molecule has 3 heteroatoms. The largest absolute Gasteiger partial charge is 0.355 e. The van der Waals surface area contributed by atoms with Gasteiger partial charge in [-0.15, -0.1) is 0 Å². The van der Waals surface area contributed by atoms with Crippen molar-refractivity contribution >= 4 is 5.91 Å². The van der Waals surface area contributed by atoms with Gasteiger partial charge in [0.2, 0.25) is 5.91 Å². The van der Waals surface area contributed by atoms with Crippen molar-refractivity contribution in [1.82, 2.24) is 5.32 Å². The molecule has 1 aliphatic carbocycles. The average Bonchev–Trinajstić information content (AvgIpc) is 2.67. The highest BCUT2D eigenvalue weighted by Gasteiger charge is 2.23. The van der Waals surface area contributed by atoms with E-state index >= 15 is 0 Å². The number of carbonyl (C=O) groups is 1. The first-order chi connectivity index (χ1) is 5.18. The monoisotopic (exact) mass is 156 g/mol. The van der Waals surface area contributed by atoms with Gasteiger partial charge in [0, 0.05) is 19.0 Å². The molecule has 1 unspecified atom stereocenters. The molecule has 0 radical (unpaired) electrons. The maximum Gasteiger partial charge on any atom is 0.220 e. The van der Waals surface area contributed by atoms with E-state index in [1.807, 2.05) is 6.92 Å². The van der Waals surface area contributed by atoms with Crippen LogP contribution in [0.1, 0.15) is 26.2 Å². The number of hydrogen-bond donors (Lipinski definition) is 2. The zero-order valence-electron chi connectivity index (χ0n) is 6.97. The molecule has 0 aromatic carbocycles. The maximum absolute atomic E-state index is 11.0. The molecule has 0 heterocycles. The van der Waals surface area contributed by atoms with Crippen LogP contribution in [0.2, 0.25) is 0 Å². The van der Waals surface area contributed by atoms with E-state index in [-0.39, 0.29) is 11.9 Å². The minimum Gasteiger partial charge on any atom is -0.355 e. The molecule has 1 saturated carbocycles. The van der Waals surface area contributed by atoms with Crippen LogP contribution in [0, 0.1) is 5.92 Å². The molecule has 1 fully saturated rings. The minimum absolute atomic E-state index is 0.0677. The molecular weight excluding hydrogens is 140 g/mol. The molecule has 0 aliphatic heterocycles. The lowest BCUT2D eigenvalue weighted by atomic mass is 10.2. The van der Waals surface area contributed by atoms with Crippen LogP contribution in [0.3, 0.4) is 0 Å². The van der Waals surface area contributed by atoms with E-state index in [1.165, 1.54) is 12.8 Å². The number of nitrogens with one attached hydrogen (secondary N) is 1. The molecule has 1 aliphatic rings. The van der Waals surface area contributed by atoms with Gasteiger partial charge in [0.1, 0.15) is 0 Å². The van der Waals surface area contributed by atoms with Crippen molar-refractivity contribution in [3.8, 4) is 0 Å². The highest BCUT2D eigenvalue weighted by molar-refractivity contribution is 5.76. The van der Waals surface area contributed by atoms with Crippen molar-refractivity contribution < 1.29 is 4.79 Å². The molecule has 0 saturated heterocycles. The first kappa shape index (κ1) is 8.53. The van der Waals surface area contributed by atoms with Crippen LogP contribution in [-0.2, 0) is 4.79 Å². The number of nitrogens with two attached hydrogens (primary N) is 1. The zero-order valence-corrected chi connectivity index (χ0v) is 6.97. The van der Waals surface area contributed by atoms with Gasteiger partial charge >= 0.3 is 0 Å². The molecule has 11 heavy (non-hydrogen) atoms. The van der Waals surface area contributed by atoms with Gasteiger partial charge in [-0.2, -0.15) is 0 Å². The molecule has 0 aromatic rings. The Bertz CT molecular complexity index is 141. The fraction of sp³-hybridized carbons (Fsp3) is 0.875. The van der Waals surface area contributed by atoms with E-state index in [0.29, 0.717) is 18.9 Å². The molecular formula is C8H16N2O. The normalized spacial score (nSPS) is 19.5. The van der Waals surface area contributed by atoms with E-state index in [2.05, 4.69) is 5.32 Å². The summed E-state index contributed by atoms with van der Waals surface area (Å²) >= 11 is 0. The Morgan fingerprint density at radius 3 is 2.82 bits per heavy atom. The van der Waals surface area contributed by atoms with Crippen LogP contribution >= 0.6 is 0 Å². The quantitative estimate of drug-likeness (QED) is 0.613. The van der Waals surface area contributed by atoms with Gasteiger partial charge in [-0.1, -0.05) is 0 Å². The highest BCUT2D eigenvalue weighted by Crippen LogP contribution is 2.31. The van der Waals surface area contributed by atoms with Crippen LogP contribution in [0.5, 0.6) is 0 Å². The van der Waals surface area contributed by atoms with Crippen LogP contribution in [-0.4, -0.2) is 18.5 Å². The van der Waals surface area contributed by atoms with E-state index in [4.69, 9.17) is 5.73 Å². The lowest BCUT2D eigenvalue weighted by Crippen LogP contribution is -2.35. The number of carbonyl (C=O) groups excluding carboxylic acids is 1. The van der Waals surface area contributed by atoms with E-state index in [1.54, 1.807) is 0 Å². The van der Waals surface area contributed by atoms with Crippen LogP contribution in [0.4, 0.5) is 0 Å². The van der Waals surface area contributed by atoms with Crippen LogP contribution in [0.15, 0.2) is 0 Å². The standard InChI is InChI=1S/C8H16N2O/c1-6(9)5-10-8(11)4-7-2-3-7/h6-7H,2-5,9H2,1H3,(H,10,11). The summed E-state index contributed by atoms with van der Waals surface area (Å²) < 4.78 is 0. The van der Waals surface area contributed by atoms with Gasteiger partial charge in [0.05, 0.1) is 0 Å². The first-order valence-corrected chi connectivity index (χ1v) is 4.20. The Kier molecular flexibility index (Phi) is 2.88. The molecule has 0 spiro atoms. The van der Waals surface area contributed by atoms with Gasteiger partial charge in [0.25, 0.3) is 0 Å².